The molecule has 0 atom stereocenters. The Kier molecular flexibility index (Phi) is 4.87. The van der Waals surface area contributed by atoms with Crippen molar-refractivity contribution in [1.29, 1.82) is 0 Å². The van der Waals surface area contributed by atoms with Crippen LogP contribution in [0, 0.1) is 6.92 Å². The van der Waals surface area contributed by atoms with Gasteiger partial charge in [0.05, 0.1) is 23.3 Å². The molecule has 2 aromatic carbocycles. The van der Waals surface area contributed by atoms with Gasteiger partial charge in [0.25, 0.3) is 15.9 Å². The van der Waals surface area contributed by atoms with Gasteiger partial charge >= 0.3 is 0 Å². The number of nitrogens with one attached hydrogen (secondary N) is 2. The number of para-hydroxylation sites is 1. The highest BCUT2D eigenvalue weighted by molar-refractivity contribution is 7.92. The van der Waals surface area contributed by atoms with Gasteiger partial charge in [-0.25, -0.2) is 13.9 Å². The summed E-state index contributed by atoms with van der Waals surface area (Å²) < 4.78 is 32.3. The molecular weight excluding hydrogens is 320 g/mol. The molecule has 0 heterocycles. The number of methoxy groups -OCH3 is 1. The zero-order valence-electron chi connectivity index (χ0n) is 12.5. The first-order valence-corrected chi connectivity index (χ1v) is 8.08. The average molecular weight is 336 g/mol. The maximum absolute atomic E-state index is 12.5. The Labute approximate surface area is 133 Å². The van der Waals surface area contributed by atoms with Crippen molar-refractivity contribution in [3.05, 3.63) is 53.6 Å². The van der Waals surface area contributed by atoms with Crippen molar-refractivity contribution in [2.75, 3.05) is 11.8 Å². The van der Waals surface area contributed by atoms with Crippen LogP contribution < -0.4 is 14.9 Å². The van der Waals surface area contributed by atoms with Gasteiger partial charge in [-0.3, -0.25) is 14.7 Å². The molecular formula is C15H16N2O5S. The van der Waals surface area contributed by atoms with Gasteiger partial charge < -0.3 is 4.74 Å². The van der Waals surface area contributed by atoms with Gasteiger partial charge in [-0.2, -0.15) is 0 Å². The van der Waals surface area contributed by atoms with Crippen LogP contribution in [0.2, 0.25) is 0 Å². The van der Waals surface area contributed by atoms with E-state index < -0.39 is 15.9 Å². The quantitative estimate of drug-likeness (QED) is 0.571. The van der Waals surface area contributed by atoms with Crippen LogP contribution in [0.3, 0.4) is 0 Å². The zero-order chi connectivity index (χ0) is 17.0. The van der Waals surface area contributed by atoms with Crippen LogP contribution >= 0.6 is 0 Å². The molecule has 0 aliphatic carbocycles. The summed E-state index contributed by atoms with van der Waals surface area (Å²) in [5.41, 5.74) is 2.17. The fraction of sp³-hybridized carbons (Fsp3) is 0.133. The molecule has 0 fully saturated rings. The number of rotatable bonds is 5. The summed E-state index contributed by atoms with van der Waals surface area (Å²) >= 11 is 0. The number of hydrogen-bond donors (Lipinski definition) is 3. The third-order valence-electron chi connectivity index (χ3n) is 3.23. The molecule has 2 rings (SSSR count). The Bertz CT molecular complexity index is 816. The maximum Gasteiger partial charge on any atom is 0.276 e. The average Bonchev–Trinajstić information content (AvgIpc) is 2.56. The summed E-state index contributed by atoms with van der Waals surface area (Å²) in [5.74, 6) is -0.277. The van der Waals surface area contributed by atoms with Gasteiger partial charge in [-0.1, -0.05) is 12.1 Å². The predicted octanol–water partition coefficient (Wildman–Crippen LogP) is 1.92. The summed E-state index contributed by atoms with van der Waals surface area (Å²) in [5, 5.41) is 8.79. The van der Waals surface area contributed by atoms with Crippen LogP contribution in [-0.4, -0.2) is 26.6 Å². The van der Waals surface area contributed by atoms with Crippen molar-refractivity contribution in [1.82, 2.24) is 5.48 Å². The van der Waals surface area contributed by atoms with E-state index in [0.29, 0.717) is 11.3 Å². The highest BCUT2D eigenvalue weighted by Gasteiger charge is 2.20. The molecule has 7 nitrogen and oxygen atoms in total. The number of hydroxylamine groups is 1. The SMILES string of the molecule is COc1ccc(S(=O)(=O)Nc2c(C)cccc2C(=O)NO)cc1. The van der Waals surface area contributed by atoms with E-state index in [9.17, 15) is 13.2 Å². The number of aryl methyl sites for hydroxylation is 1. The zero-order valence-corrected chi connectivity index (χ0v) is 13.3. The Hall–Kier alpha value is -2.58. The number of benzene rings is 2. The van der Waals surface area contributed by atoms with E-state index in [1.165, 1.54) is 42.9 Å². The highest BCUT2D eigenvalue weighted by Crippen LogP contribution is 2.25. The van der Waals surface area contributed by atoms with E-state index in [1.54, 1.807) is 19.1 Å². The third-order valence-corrected chi connectivity index (χ3v) is 4.59. The first-order valence-electron chi connectivity index (χ1n) is 6.60. The molecule has 0 saturated heterocycles. The fourth-order valence-corrected chi connectivity index (χ4v) is 3.15. The number of hydrogen-bond acceptors (Lipinski definition) is 5. The molecule has 0 unspecified atom stereocenters. The minimum Gasteiger partial charge on any atom is -0.497 e. The summed E-state index contributed by atoms with van der Waals surface area (Å²) in [6.07, 6.45) is 0. The van der Waals surface area contributed by atoms with Crippen LogP contribution in [0.1, 0.15) is 15.9 Å². The smallest absolute Gasteiger partial charge is 0.276 e. The first kappa shape index (κ1) is 16.8. The van der Waals surface area contributed by atoms with Crippen LogP contribution in [0.25, 0.3) is 0 Å². The molecule has 122 valence electrons. The number of ether oxygens (including phenoxy) is 1. The lowest BCUT2D eigenvalue weighted by Crippen LogP contribution is -2.22. The van der Waals surface area contributed by atoms with Gasteiger partial charge in [-0.15, -0.1) is 0 Å². The summed E-state index contributed by atoms with van der Waals surface area (Å²) in [6, 6.07) is 10.5. The molecule has 8 heteroatoms. The van der Waals surface area contributed by atoms with Crippen molar-refractivity contribution in [3.8, 4) is 5.75 Å². The number of sulfonamides is 1. The first-order chi connectivity index (χ1) is 10.9. The van der Waals surface area contributed by atoms with Crippen molar-refractivity contribution in [3.63, 3.8) is 0 Å². The number of carbonyl (C=O) groups is 1. The minimum atomic E-state index is -3.89. The second-order valence-electron chi connectivity index (χ2n) is 4.72. The summed E-state index contributed by atoms with van der Waals surface area (Å²) in [6.45, 7) is 1.65. The van der Waals surface area contributed by atoms with Gasteiger partial charge in [0.1, 0.15) is 5.75 Å². The van der Waals surface area contributed by atoms with Gasteiger partial charge in [0.15, 0.2) is 0 Å². The second-order valence-corrected chi connectivity index (χ2v) is 6.40. The lowest BCUT2D eigenvalue weighted by molar-refractivity contribution is 0.0707. The molecule has 0 saturated carbocycles. The van der Waals surface area contributed by atoms with Crippen molar-refractivity contribution >= 4 is 21.6 Å². The molecule has 23 heavy (non-hydrogen) atoms. The van der Waals surface area contributed by atoms with Gasteiger partial charge in [0.2, 0.25) is 0 Å². The maximum atomic E-state index is 12.5. The van der Waals surface area contributed by atoms with E-state index in [2.05, 4.69) is 4.72 Å². The molecule has 0 bridgehead atoms. The molecule has 0 spiro atoms. The third kappa shape index (κ3) is 3.61. The van der Waals surface area contributed by atoms with Gasteiger partial charge in [0, 0.05) is 0 Å². The molecule has 0 aromatic heterocycles. The Morgan fingerprint density at radius 1 is 1.13 bits per heavy atom. The lowest BCUT2D eigenvalue weighted by atomic mass is 10.1. The highest BCUT2D eigenvalue weighted by atomic mass is 32.2. The van der Waals surface area contributed by atoms with Crippen LogP contribution in [0.4, 0.5) is 5.69 Å². The number of amides is 1. The van der Waals surface area contributed by atoms with Crippen LogP contribution in [0.5, 0.6) is 5.75 Å². The van der Waals surface area contributed by atoms with E-state index in [4.69, 9.17) is 9.94 Å². The van der Waals surface area contributed by atoms with Crippen LogP contribution in [0.15, 0.2) is 47.4 Å². The fourth-order valence-electron chi connectivity index (χ4n) is 2.00. The predicted molar refractivity (Wildman–Crippen MR) is 84.2 cm³/mol. The van der Waals surface area contributed by atoms with E-state index in [-0.39, 0.29) is 16.1 Å². The van der Waals surface area contributed by atoms with Gasteiger partial charge in [-0.05, 0) is 42.8 Å². The Balaban J connectivity index is 2.42. The lowest BCUT2D eigenvalue weighted by Gasteiger charge is -2.14. The summed E-state index contributed by atoms with van der Waals surface area (Å²) in [4.78, 5) is 11.7. The monoisotopic (exact) mass is 336 g/mol. The molecule has 0 aliphatic rings. The largest absolute Gasteiger partial charge is 0.497 e. The minimum absolute atomic E-state index is 0.0181. The molecule has 2 aromatic rings. The van der Waals surface area contributed by atoms with E-state index in [0.717, 1.165) is 0 Å². The Morgan fingerprint density at radius 3 is 2.35 bits per heavy atom. The number of carbonyl (C=O) groups excluding carboxylic acids is 1. The van der Waals surface area contributed by atoms with Crippen molar-refractivity contribution < 1.29 is 23.2 Å². The molecule has 1 amide bonds. The summed E-state index contributed by atoms with van der Waals surface area (Å²) in [7, 11) is -2.41. The van der Waals surface area contributed by atoms with E-state index in [1.807, 2.05) is 0 Å². The Morgan fingerprint density at radius 2 is 1.78 bits per heavy atom. The number of anilines is 1. The topological polar surface area (TPSA) is 105 Å². The standard InChI is InChI=1S/C15H16N2O5S/c1-10-4-3-5-13(15(18)16-19)14(10)17-23(20,21)12-8-6-11(22-2)7-9-12/h3-9,17,19H,1-2H3,(H,16,18). The van der Waals surface area contributed by atoms with E-state index >= 15 is 0 Å². The molecule has 3 N–H and O–H groups in total. The van der Waals surface area contributed by atoms with Crippen molar-refractivity contribution in [2.45, 2.75) is 11.8 Å². The molecule has 0 aliphatic heterocycles. The molecule has 0 radical (unpaired) electrons. The van der Waals surface area contributed by atoms with Crippen molar-refractivity contribution in [2.24, 2.45) is 0 Å². The van der Waals surface area contributed by atoms with Crippen LogP contribution in [-0.2, 0) is 10.0 Å². The second kappa shape index (κ2) is 6.67. The normalized spacial score (nSPS) is 10.9.